The minimum atomic E-state index is -0.196. The van der Waals surface area contributed by atoms with Gasteiger partial charge in [-0.1, -0.05) is 47.1 Å². The molecule has 1 aliphatic rings. The number of para-hydroxylation sites is 1. The molecule has 178 valence electrons. The Morgan fingerprint density at radius 2 is 1.77 bits per heavy atom. The van der Waals surface area contributed by atoms with Crippen LogP contribution in [0.5, 0.6) is 0 Å². The van der Waals surface area contributed by atoms with Gasteiger partial charge in [0.1, 0.15) is 11.5 Å². The Labute approximate surface area is 207 Å². The first-order valence-electron chi connectivity index (χ1n) is 11.4. The maximum absolute atomic E-state index is 13.6. The summed E-state index contributed by atoms with van der Waals surface area (Å²) in [6.07, 6.45) is 2.91. The number of piperidine rings is 1. The Bertz CT molecular complexity index is 1340. The number of likely N-dealkylation sites (tertiary alicyclic amines) is 1. The predicted octanol–water partition coefficient (Wildman–Crippen LogP) is 4.98. The Morgan fingerprint density at radius 3 is 2.43 bits per heavy atom. The number of halogens is 1. The number of rotatable bonds is 5. The molecule has 2 amide bonds. The maximum atomic E-state index is 13.6. The van der Waals surface area contributed by atoms with Crippen molar-refractivity contribution in [1.82, 2.24) is 19.8 Å². The van der Waals surface area contributed by atoms with Crippen LogP contribution in [0.25, 0.3) is 16.9 Å². The standard InChI is InChI=1S/C26H24ClN5O3/c1-17-15-23(30-35-17)28-25(33)19-11-13-31(14-12-19)26(34)22-16-32(21-5-3-2-4-6-21)29-24(22)18-7-9-20(27)10-8-18/h2-10,15-16,19H,11-14H2,1H3,(H,28,30,33). The van der Waals surface area contributed by atoms with E-state index in [9.17, 15) is 9.59 Å². The van der Waals surface area contributed by atoms with Crippen LogP contribution >= 0.6 is 11.6 Å². The zero-order valence-electron chi connectivity index (χ0n) is 19.1. The van der Waals surface area contributed by atoms with Gasteiger partial charge >= 0.3 is 0 Å². The Morgan fingerprint density at radius 1 is 1.06 bits per heavy atom. The average molecular weight is 490 g/mol. The molecule has 2 aromatic carbocycles. The van der Waals surface area contributed by atoms with Gasteiger partial charge in [0.2, 0.25) is 5.91 Å². The molecule has 3 heterocycles. The highest BCUT2D eigenvalue weighted by atomic mass is 35.5. The summed E-state index contributed by atoms with van der Waals surface area (Å²) < 4.78 is 6.73. The number of carbonyl (C=O) groups is 2. The summed E-state index contributed by atoms with van der Waals surface area (Å²) in [5.74, 6) is 0.631. The van der Waals surface area contributed by atoms with E-state index in [1.807, 2.05) is 42.5 Å². The summed E-state index contributed by atoms with van der Waals surface area (Å²) in [5.41, 5.74) is 2.78. The first-order chi connectivity index (χ1) is 17.0. The Hall–Kier alpha value is -3.91. The lowest BCUT2D eigenvalue weighted by Gasteiger charge is -2.31. The lowest BCUT2D eigenvalue weighted by molar-refractivity contribution is -0.121. The summed E-state index contributed by atoms with van der Waals surface area (Å²) in [6.45, 7) is 2.72. The third-order valence-corrected chi connectivity index (χ3v) is 6.37. The third-order valence-electron chi connectivity index (χ3n) is 6.12. The molecule has 1 aliphatic heterocycles. The van der Waals surface area contributed by atoms with Gasteiger partial charge in [0, 0.05) is 41.9 Å². The first-order valence-corrected chi connectivity index (χ1v) is 11.8. The SMILES string of the molecule is Cc1cc(NC(=O)C2CCN(C(=O)c3cn(-c4ccccc4)nc3-c3ccc(Cl)cc3)CC2)no1. The lowest BCUT2D eigenvalue weighted by atomic mass is 9.95. The maximum Gasteiger partial charge on any atom is 0.257 e. The van der Waals surface area contributed by atoms with Crippen LogP contribution in [0.3, 0.4) is 0 Å². The third kappa shape index (κ3) is 4.97. The second kappa shape index (κ2) is 9.76. The molecule has 1 fully saturated rings. The highest BCUT2D eigenvalue weighted by Crippen LogP contribution is 2.28. The molecule has 0 atom stereocenters. The summed E-state index contributed by atoms with van der Waals surface area (Å²) in [7, 11) is 0. The van der Waals surface area contributed by atoms with Gasteiger partial charge in [-0.3, -0.25) is 9.59 Å². The molecule has 2 aromatic heterocycles. The average Bonchev–Trinajstić information content (AvgIpc) is 3.51. The van der Waals surface area contributed by atoms with Crippen molar-refractivity contribution in [1.29, 1.82) is 0 Å². The smallest absolute Gasteiger partial charge is 0.257 e. The van der Waals surface area contributed by atoms with Gasteiger partial charge in [-0.25, -0.2) is 4.68 Å². The quantitative estimate of drug-likeness (QED) is 0.426. The van der Waals surface area contributed by atoms with Crippen molar-refractivity contribution in [2.24, 2.45) is 5.92 Å². The summed E-state index contributed by atoms with van der Waals surface area (Å²) in [6, 6.07) is 18.6. The number of anilines is 1. The van der Waals surface area contributed by atoms with E-state index < -0.39 is 0 Å². The second-order valence-corrected chi connectivity index (χ2v) is 8.99. The monoisotopic (exact) mass is 489 g/mol. The number of aryl methyl sites for hydroxylation is 1. The van der Waals surface area contributed by atoms with E-state index in [0.717, 1.165) is 11.3 Å². The summed E-state index contributed by atoms with van der Waals surface area (Å²) in [4.78, 5) is 28.0. The fourth-order valence-corrected chi connectivity index (χ4v) is 4.36. The van der Waals surface area contributed by atoms with Crippen LogP contribution in [-0.4, -0.2) is 44.7 Å². The molecule has 0 radical (unpaired) electrons. The molecule has 1 saturated heterocycles. The molecule has 4 aromatic rings. The number of benzene rings is 2. The van der Waals surface area contributed by atoms with Gasteiger partial charge in [0.15, 0.2) is 5.82 Å². The fraction of sp³-hybridized carbons (Fsp3) is 0.231. The van der Waals surface area contributed by atoms with Crippen molar-refractivity contribution in [3.05, 3.63) is 83.2 Å². The molecule has 0 bridgehead atoms. The molecule has 0 unspecified atom stereocenters. The molecule has 8 nitrogen and oxygen atoms in total. The van der Waals surface area contributed by atoms with Crippen molar-refractivity contribution in [2.75, 3.05) is 18.4 Å². The van der Waals surface area contributed by atoms with Gasteiger partial charge in [0.05, 0.1) is 11.3 Å². The number of nitrogens with zero attached hydrogens (tertiary/aromatic N) is 4. The fourth-order valence-electron chi connectivity index (χ4n) is 4.23. The van der Waals surface area contributed by atoms with Crippen molar-refractivity contribution in [2.45, 2.75) is 19.8 Å². The molecule has 5 rings (SSSR count). The van der Waals surface area contributed by atoms with E-state index in [0.29, 0.717) is 53.8 Å². The normalized spacial score (nSPS) is 14.2. The minimum absolute atomic E-state index is 0.107. The van der Waals surface area contributed by atoms with Gasteiger partial charge in [0.25, 0.3) is 5.91 Å². The van der Waals surface area contributed by atoms with E-state index in [1.54, 1.807) is 40.9 Å². The van der Waals surface area contributed by atoms with E-state index in [1.165, 1.54) is 0 Å². The summed E-state index contributed by atoms with van der Waals surface area (Å²) >= 11 is 6.07. The van der Waals surface area contributed by atoms with E-state index >= 15 is 0 Å². The first kappa shape index (κ1) is 22.9. The van der Waals surface area contributed by atoms with E-state index in [-0.39, 0.29) is 17.7 Å². The lowest BCUT2D eigenvalue weighted by Crippen LogP contribution is -2.41. The van der Waals surface area contributed by atoms with Crippen molar-refractivity contribution in [3.63, 3.8) is 0 Å². The molecular formula is C26H24ClN5O3. The Kier molecular flexibility index (Phi) is 6.37. The molecule has 9 heteroatoms. The van der Waals surface area contributed by atoms with Gasteiger partial charge < -0.3 is 14.7 Å². The van der Waals surface area contributed by atoms with E-state index in [2.05, 4.69) is 10.5 Å². The van der Waals surface area contributed by atoms with Crippen LogP contribution in [0.2, 0.25) is 5.02 Å². The van der Waals surface area contributed by atoms with Crippen LogP contribution in [0, 0.1) is 12.8 Å². The second-order valence-electron chi connectivity index (χ2n) is 8.56. The molecular weight excluding hydrogens is 466 g/mol. The molecule has 0 saturated carbocycles. The zero-order valence-corrected chi connectivity index (χ0v) is 19.9. The van der Waals surface area contributed by atoms with Crippen molar-refractivity contribution < 1.29 is 14.1 Å². The molecule has 35 heavy (non-hydrogen) atoms. The molecule has 0 aliphatic carbocycles. The minimum Gasteiger partial charge on any atom is -0.360 e. The highest BCUT2D eigenvalue weighted by Gasteiger charge is 2.30. The van der Waals surface area contributed by atoms with Crippen LogP contribution in [-0.2, 0) is 4.79 Å². The Balaban J connectivity index is 1.34. The van der Waals surface area contributed by atoms with Crippen LogP contribution in [0.15, 0.2) is 71.4 Å². The molecule has 1 N–H and O–H groups in total. The van der Waals surface area contributed by atoms with Crippen LogP contribution < -0.4 is 5.32 Å². The number of aromatic nitrogens is 3. The molecule has 0 spiro atoms. The van der Waals surface area contributed by atoms with Crippen LogP contribution in [0.1, 0.15) is 29.0 Å². The van der Waals surface area contributed by atoms with Gasteiger partial charge in [-0.2, -0.15) is 5.10 Å². The summed E-state index contributed by atoms with van der Waals surface area (Å²) in [5, 5.41) is 12.0. The van der Waals surface area contributed by atoms with Crippen molar-refractivity contribution in [3.8, 4) is 16.9 Å². The topological polar surface area (TPSA) is 93.3 Å². The van der Waals surface area contributed by atoms with Crippen LogP contribution in [0.4, 0.5) is 5.82 Å². The van der Waals surface area contributed by atoms with Gasteiger partial charge in [-0.15, -0.1) is 0 Å². The number of carbonyl (C=O) groups excluding carboxylic acids is 2. The number of hydrogen-bond donors (Lipinski definition) is 1. The number of hydrogen-bond acceptors (Lipinski definition) is 5. The highest BCUT2D eigenvalue weighted by molar-refractivity contribution is 6.30. The van der Waals surface area contributed by atoms with Crippen molar-refractivity contribution >= 4 is 29.2 Å². The number of amides is 2. The number of nitrogens with one attached hydrogen (secondary N) is 1. The largest absolute Gasteiger partial charge is 0.360 e. The van der Waals surface area contributed by atoms with Gasteiger partial charge in [-0.05, 0) is 44.0 Å². The zero-order chi connectivity index (χ0) is 24.4. The van der Waals surface area contributed by atoms with E-state index in [4.69, 9.17) is 21.2 Å². The predicted molar refractivity (Wildman–Crippen MR) is 133 cm³/mol.